The van der Waals surface area contributed by atoms with Crippen LogP contribution in [0.2, 0.25) is 10.0 Å². The van der Waals surface area contributed by atoms with Crippen molar-refractivity contribution < 1.29 is 9.53 Å². The zero-order valence-corrected chi connectivity index (χ0v) is 29.0. The van der Waals surface area contributed by atoms with Crippen molar-refractivity contribution in [2.45, 2.75) is 44.7 Å². The van der Waals surface area contributed by atoms with E-state index in [9.17, 15) is 14.4 Å². The number of carbonyl (C=O) groups excluding carboxylic acids is 1. The highest BCUT2D eigenvalue weighted by Crippen LogP contribution is 2.44. The lowest BCUT2D eigenvalue weighted by Crippen LogP contribution is -2.37. The smallest absolute Gasteiger partial charge is 0.330 e. The van der Waals surface area contributed by atoms with E-state index in [1.54, 1.807) is 33.2 Å². The molecule has 2 atom stereocenters. The van der Waals surface area contributed by atoms with Crippen LogP contribution in [0.3, 0.4) is 0 Å². The molecule has 4 heterocycles. The number of methoxy groups -OCH3 is 1. The topological polar surface area (TPSA) is 132 Å². The number of amides is 1. The van der Waals surface area contributed by atoms with Crippen LogP contribution in [0.4, 0.5) is 11.5 Å². The lowest BCUT2D eigenvalue weighted by atomic mass is 9.99. The van der Waals surface area contributed by atoms with Crippen LogP contribution >= 0.6 is 23.2 Å². The van der Waals surface area contributed by atoms with Gasteiger partial charge in [-0.3, -0.25) is 18.7 Å². The number of halogens is 2. The highest BCUT2D eigenvalue weighted by Gasteiger charge is 2.30. The number of benzene rings is 2. The molecule has 0 bridgehead atoms. The summed E-state index contributed by atoms with van der Waals surface area (Å²) in [5.41, 5.74) is 5.70. The van der Waals surface area contributed by atoms with Gasteiger partial charge < -0.3 is 20.7 Å². The summed E-state index contributed by atoms with van der Waals surface area (Å²) < 4.78 is 8.30. The fourth-order valence-corrected chi connectivity index (χ4v) is 7.52. The lowest BCUT2D eigenvalue weighted by molar-refractivity contribution is -0.119. The molecule has 49 heavy (non-hydrogen) atoms. The Morgan fingerprint density at radius 3 is 2.41 bits per heavy atom. The van der Waals surface area contributed by atoms with Gasteiger partial charge in [0.25, 0.3) is 5.56 Å². The Labute approximate surface area is 292 Å². The van der Waals surface area contributed by atoms with E-state index in [1.807, 2.05) is 30.3 Å². The summed E-state index contributed by atoms with van der Waals surface area (Å²) >= 11 is 14.2. The SMILES string of the molecule is COc1nc(-c2cccc(-c3cccc(Nc4nc(C)cc5c4c(=O)n(C)c(=O)n5C)c3Cl)c2Cl)cc2c1C(NCC1CCC(=O)N1)CC2. The summed E-state index contributed by atoms with van der Waals surface area (Å²) in [6, 6.07) is 15.2. The third kappa shape index (κ3) is 5.85. The summed E-state index contributed by atoms with van der Waals surface area (Å²) in [6.45, 7) is 2.49. The van der Waals surface area contributed by atoms with Crippen molar-refractivity contribution in [1.29, 1.82) is 0 Å². The van der Waals surface area contributed by atoms with E-state index in [1.165, 1.54) is 11.6 Å². The first kappa shape index (κ1) is 32.8. The summed E-state index contributed by atoms with van der Waals surface area (Å²) in [7, 11) is 4.68. The molecule has 0 saturated carbocycles. The molecule has 252 valence electrons. The van der Waals surface area contributed by atoms with Crippen molar-refractivity contribution >= 4 is 51.5 Å². The molecule has 2 aliphatic rings. The number of rotatable bonds is 8. The molecule has 2 aromatic carbocycles. The number of hydrogen-bond donors (Lipinski definition) is 3. The van der Waals surface area contributed by atoms with Crippen molar-refractivity contribution in [2.75, 3.05) is 19.0 Å². The van der Waals surface area contributed by atoms with Gasteiger partial charge in [0.15, 0.2) is 0 Å². The van der Waals surface area contributed by atoms with Crippen molar-refractivity contribution in [3.8, 4) is 28.3 Å². The number of ether oxygens (including phenoxy) is 1. The first-order valence-corrected chi connectivity index (χ1v) is 16.8. The number of hydrogen-bond acceptors (Lipinski definition) is 8. The minimum atomic E-state index is -0.460. The van der Waals surface area contributed by atoms with Crippen LogP contribution in [0.25, 0.3) is 33.3 Å². The van der Waals surface area contributed by atoms with E-state index < -0.39 is 11.2 Å². The number of aryl methyl sites for hydroxylation is 3. The van der Waals surface area contributed by atoms with Gasteiger partial charge in [0.05, 0.1) is 34.1 Å². The molecule has 13 heteroatoms. The third-order valence-corrected chi connectivity index (χ3v) is 10.3. The van der Waals surface area contributed by atoms with Crippen LogP contribution < -0.4 is 31.9 Å². The van der Waals surface area contributed by atoms with E-state index in [4.69, 9.17) is 32.9 Å². The van der Waals surface area contributed by atoms with Gasteiger partial charge >= 0.3 is 5.69 Å². The van der Waals surface area contributed by atoms with Gasteiger partial charge in [-0.25, -0.2) is 14.8 Å². The maximum Gasteiger partial charge on any atom is 0.330 e. The molecule has 7 rings (SSSR count). The van der Waals surface area contributed by atoms with Gasteiger partial charge in [0, 0.05) is 67.1 Å². The van der Waals surface area contributed by atoms with E-state index in [2.05, 4.69) is 27.0 Å². The van der Waals surface area contributed by atoms with Crippen LogP contribution in [0.5, 0.6) is 5.88 Å². The number of nitrogens with zero attached hydrogens (tertiary/aromatic N) is 4. The molecule has 1 fully saturated rings. The highest BCUT2D eigenvalue weighted by molar-refractivity contribution is 6.39. The predicted octanol–water partition coefficient (Wildman–Crippen LogP) is 5.58. The molecule has 0 radical (unpaired) electrons. The summed E-state index contributed by atoms with van der Waals surface area (Å²) in [5.74, 6) is 0.939. The fourth-order valence-electron chi connectivity index (χ4n) is 6.92. The van der Waals surface area contributed by atoms with Crippen LogP contribution in [0.1, 0.15) is 42.1 Å². The summed E-state index contributed by atoms with van der Waals surface area (Å²) in [4.78, 5) is 47.0. The number of nitrogens with one attached hydrogen (secondary N) is 3. The normalized spacial score (nSPS) is 17.0. The molecule has 11 nitrogen and oxygen atoms in total. The number of anilines is 2. The van der Waals surface area contributed by atoms with E-state index >= 15 is 0 Å². The average molecular weight is 701 g/mol. The second-order valence-corrected chi connectivity index (χ2v) is 13.3. The maximum atomic E-state index is 13.2. The molecule has 1 amide bonds. The van der Waals surface area contributed by atoms with Crippen molar-refractivity contribution in [2.24, 2.45) is 14.1 Å². The average Bonchev–Trinajstić information content (AvgIpc) is 3.71. The molecule has 1 aliphatic carbocycles. The molecule has 5 aromatic rings. The van der Waals surface area contributed by atoms with Crippen LogP contribution in [0.15, 0.2) is 58.1 Å². The summed E-state index contributed by atoms with van der Waals surface area (Å²) in [5, 5.41) is 11.0. The Kier molecular flexibility index (Phi) is 8.68. The zero-order chi connectivity index (χ0) is 34.6. The fraction of sp³-hybridized carbons (Fsp3) is 0.306. The molecule has 0 spiro atoms. The van der Waals surface area contributed by atoms with Gasteiger partial charge in [0.1, 0.15) is 11.2 Å². The van der Waals surface area contributed by atoms with Crippen molar-refractivity contribution in [1.82, 2.24) is 29.7 Å². The first-order valence-electron chi connectivity index (χ1n) is 16.1. The van der Waals surface area contributed by atoms with E-state index in [0.29, 0.717) is 68.4 Å². The number of carbonyl (C=O) groups is 1. The second-order valence-electron chi connectivity index (χ2n) is 12.6. The van der Waals surface area contributed by atoms with Crippen molar-refractivity contribution in [3.63, 3.8) is 0 Å². The highest BCUT2D eigenvalue weighted by atomic mass is 35.5. The third-order valence-electron chi connectivity index (χ3n) is 9.45. The number of pyridine rings is 2. The molecule has 3 N–H and O–H groups in total. The zero-order valence-electron chi connectivity index (χ0n) is 27.5. The van der Waals surface area contributed by atoms with Gasteiger partial charge in [0.2, 0.25) is 11.8 Å². The monoisotopic (exact) mass is 699 g/mol. The van der Waals surface area contributed by atoms with Gasteiger partial charge in [-0.05, 0) is 49.9 Å². The van der Waals surface area contributed by atoms with Gasteiger partial charge in [-0.2, -0.15) is 0 Å². The second kappa shape index (κ2) is 13.0. The maximum absolute atomic E-state index is 13.2. The molecule has 1 saturated heterocycles. The number of fused-ring (bicyclic) bond motifs is 2. The first-order chi connectivity index (χ1) is 23.5. The predicted molar refractivity (Wildman–Crippen MR) is 192 cm³/mol. The molecule has 1 aliphatic heterocycles. The Hall–Kier alpha value is -4.71. The Morgan fingerprint density at radius 1 is 0.939 bits per heavy atom. The lowest BCUT2D eigenvalue weighted by Gasteiger charge is -2.20. The van der Waals surface area contributed by atoms with E-state index in [-0.39, 0.29) is 23.4 Å². The largest absolute Gasteiger partial charge is 0.481 e. The van der Waals surface area contributed by atoms with Crippen LogP contribution in [-0.2, 0) is 25.3 Å². The molecule has 2 unspecified atom stereocenters. The standard InChI is InChI=1S/C36H35Cl2N7O4/c1-18-15-27-30(35(47)45(3)36(48)44(27)2)33(40-18)42-25-10-6-8-22(32(25)38)21-7-5-9-23(31(21)37)26-16-19-11-13-24(29(19)34(43-26)49-4)39-17-20-12-14-28(46)41-20/h5-10,15-16,20,24,39H,11-14,17H2,1-4H3,(H,40,42)(H,41,46). The van der Waals surface area contributed by atoms with Crippen LogP contribution in [-0.4, -0.2) is 44.7 Å². The minimum absolute atomic E-state index is 0.0740. The minimum Gasteiger partial charge on any atom is -0.481 e. The van der Waals surface area contributed by atoms with Gasteiger partial charge in [-0.15, -0.1) is 0 Å². The van der Waals surface area contributed by atoms with Crippen LogP contribution in [0, 0.1) is 6.92 Å². The van der Waals surface area contributed by atoms with E-state index in [0.717, 1.165) is 40.5 Å². The molecular formula is C36H35Cl2N7O4. The van der Waals surface area contributed by atoms with Crippen molar-refractivity contribution in [3.05, 3.63) is 96.2 Å². The van der Waals surface area contributed by atoms with Gasteiger partial charge in [-0.1, -0.05) is 53.5 Å². The molecule has 3 aromatic heterocycles. The quantitative estimate of drug-likeness (QED) is 0.191. The molecular weight excluding hydrogens is 665 g/mol. The number of aromatic nitrogens is 4. The summed E-state index contributed by atoms with van der Waals surface area (Å²) in [6.07, 6.45) is 3.15. The Morgan fingerprint density at radius 2 is 1.67 bits per heavy atom. The Balaban J connectivity index is 1.23. The Bertz CT molecular complexity index is 2280.